The summed E-state index contributed by atoms with van der Waals surface area (Å²) in [6.07, 6.45) is 0. The molecule has 5 rings (SSSR count). The van der Waals surface area contributed by atoms with E-state index in [9.17, 15) is 28.3 Å². The zero-order valence-electron chi connectivity index (χ0n) is 16.3. The average Bonchev–Trinajstić information content (AvgIpc) is 3.16. The number of fused-ring (bicyclic) bond motifs is 3. The highest BCUT2D eigenvalue weighted by atomic mass is 32.2. The number of phenols is 3. The maximum atomic E-state index is 11.4. The van der Waals surface area contributed by atoms with Crippen molar-refractivity contribution in [2.75, 3.05) is 0 Å². The Balaban J connectivity index is 1.64. The highest BCUT2D eigenvalue weighted by Crippen LogP contribution is 2.37. The third-order valence-electron chi connectivity index (χ3n) is 5.25. The normalized spacial score (nSPS) is 11.9. The first kappa shape index (κ1) is 19.9. The molecule has 0 atom stereocenters. The van der Waals surface area contributed by atoms with E-state index in [2.05, 4.69) is 9.97 Å². The van der Waals surface area contributed by atoms with Crippen LogP contribution < -0.4 is 0 Å². The molecule has 9 heteroatoms. The Labute approximate surface area is 181 Å². The average molecular weight is 448 g/mol. The predicted molar refractivity (Wildman–Crippen MR) is 119 cm³/mol. The number of aromatic nitrogens is 2. The quantitative estimate of drug-likeness (QED) is 0.257. The number of phenolic OH excluding ortho intramolecular Hbond substituents is 3. The summed E-state index contributed by atoms with van der Waals surface area (Å²) in [7, 11) is -4.48. The molecule has 5 aromatic rings. The van der Waals surface area contributed by atoms with Gasteiger partial charge in [0.1, 0.15) is 28.6 Å². The summed E-state index contributed by atoms with van der Waals surface area (Å²) in [4.78, 5) is 7.19. The van der Waals surface area contributed by atoms with Crippen molar-refractivity contribution < 1.29 is 28.3 Å². The van der Waals surface area contributed by atoms with Crippen molar-refractivity contribution in [1.29, 1.82) is 0 Å². The van der Waals surface area contributed by atoms with Crippen molar-refractivity contribution in [2.24, 2.45) is 0 Å². The Morgan fingerprint density at radius 2 is 1.59 bits per heavy atom. The van der Waals surface area contributed by atoms with Crippen molar-refractivity contribution in [3.8, 4) is 39.8 Å². The number of H-pyrrole nitrogens is 1. The maximum absolute atomic E-state index is 11.4. The van der Waals surface area contributed by atoms with Gasteiger partial charge >= 0.3 is 0 Å². The van der Waals surface area contributed by atoms with Gasteiger partial charge in [-0.15, -0.1) is 0 Å². The number of imidazole rings is 1. The molecule has 0 unspecified atom stereocenters. The van der Waals surface area contributed by atoms with Crippen molar-refractivity contribution in [3.63, 3.8) is 0 Å². The number of hydrogen-bond acceptors (Lipinski definition) is 6. The molecule has 0 amide bonds. The van der Waals surface area contributed by atoms with Crippen LogP contribution in [0.5, 0.6) is 17.2 Å². The van der Waals surface area contributed by atoms with E-state index in [0.29, 0.717) is 38.8 Å². The van der Waals surface area contributed by atoms with Gasteiger partial charge in [-0.05, 0) is 52.9 Å². The van der Waals surface area contributed by atoms with Gasteiger partial charge in [-0.1, -0.05) is 24.3 Å². The van der Waals surface area contributed by atoms with E-state index in [0.717, 1.165) is 11.6 Å². The maximum Gasteiger partial charge on any atom is 0.294 e. The smallest absolute Gasteiger partial charge is 0.294 e. The SMILES string of the molecule is O=S(=O)(O)c1cc(O)c2c(ccc3[nH]c(-c4ccc(-c5cccc(O)c5)cc4O)nc32)c1. The number of aromatic amines is 1. The molecule has 160 valence electrons. The molecular weight excluding hydrogens is 432 g/mol. The fraction of sp³-hybridized carbons (Fsp3) is 0. The lowest BCUT2D eigenvalue weighted by Crippen LogP contribution is -1.97. The Morgan fingerprint density at radius 3 is 2.31 bits per heavy atom. The lowest BCUT2D eigenvalue weighted by molar-refractivity contribution is 0.471. The summed E-state index contributed by atoms with van der Waals surface area (Å²) in [6, 6.07) is 17.2. The third-order valence-corrected chi connectivity index (χ3v) is 6.08. The zero-order valence-corrected chi connectivity index (χ0v) is 17.1. The van der Waals surface area contributed by atoms with Crippen LogP contribution >= 0.6 is 0 Å². The van der Waals surface area contributed by atoms with Crippen molar-refractivity contribution in [3.05, 3.63) is 66.7 Å². The number of aromatic hydroxyl groups is 3. The van der Waals surface area contributed by atoms with Crippen LogP contribution in [0.1, 0.15) is 0 Å². The number of nitrogens with zero attached hydrogens (tertiary/aromatic N) is 1. The fourth-order valence-electron chi connectivity index (χ4n) is 3.76. The van der Waals surface area contributed by atoms with Gasteiger partial charge in [0.15, 0.2) is 0 Å². The van der Waals surface area contributed by atoms with Gasteiger partial charge in [-0.25, -0.2) is 4.98 Å². The summed E-state index contributed by atoms with van der Waals surface area (Å²) < 4.78 is 32.2. The first-order valence-corrected chi connectivity index (χ1v) is 10.9. The molecule has 1 heterocycles. The Kier molecular flexibility index (Phi) is 4.33. The molecule has 5 N–H and O–H groups in total. The van der Waals surface area contributed by atoms with Crippen molar-refractivity contribution in [2.45, 2.75) is 4.90 Å². The van der Waals surface area contributed by atoms with E-state index in [4.69, 9.17) is 0 Å². The van der Waals surface area contributed by atoms with Gasteiger partial charge < -0.3 is 20.3 Å². The minimum Gasteiger partial charge on any atom is -0.508 e. The molecule has 0 saturated carbocycles. The van der Waals surface area contributed by atoms with E-state index in [1.807, 2.05) is 6.07 Å². The summed E-state index contributed by atoms with van der Waals surface area (Å²) in [5, 5.41) is 31.4. The van der Waals surface area contributed by atoms with E-state index in [1.54, 1.807) is 48.5 Å². The predicted octanol–water partition coefficient (Wildman–Crippen LogP) is 4.41. The van der Waals surface area contributed by atoms with Crippen LogP contribution in [0.25, 0.3) is 44.3 Å². The van der Waals surface area contributed by atoms with Gasteiger partial charge in [-0.3, -0.25) is 4.55 Å². The topological polar surface area (TPSA) is 144 Å². The highest BCUT2D eigenvalue weighted by molar-refractivity contribution is 7.85. The van der Waals surface area contributed by atoms with E-state index < -0.39 is 15.0 Å². The molecule has 0 aliphatic heterocycles. The van der Waals surface area contributed by atoms with Gasteiger partial charge in [0.25, 0.3) is 10.1 Å². The van der Waals surface area contributed by atoms with Crippen LogP contribution in [0.3, 0.4) is 0 Å². The monoisotopic (exact) mass is 448 g/mol. The first-order chi connectivity index (χ1) is 15.2. The molecule has 1 aromatic heterocycles. The lowest BCUT2D eigenvalue weighted by atomic mass is 10.0. The van der Waals surface area contributed by atoms with Crippen LogP contribution in [0.2, 0.25) is 0 Å². The summed E-state index contributed by atoms with van der Waals surface area (Å²) in [5.41, 5.74) is 2.82. The van der Waals surface area contributed by atoms with Gasteiger partial charge in [-0.2, -0.15) is 8.42 Å². The summed E-state index contributed by atoms with van der Waals surface area (Å²) >= 11 is 0. The molecule has 0 radical (unpaired) electrons. The second-order valence-corrected chi connectivity index (χ2v) is 8.77. The van der Waals surface area contributed by atoms with Crippen LogP contribution in [-0.4, -0.2) is 38.3 Å². The minimum absolute atomic E-state index is 0.0351. The summed E-state index contributed by atoms with van der Waals surface area (Å²) in [6.45, 7) is 0. The third kappa shape index (κ3) is 3.29. The molecule has 0 saturated heterocycles. The van der Waals surface area contributed by atoms with Crippen LogP contribution in [-0.2, 0) is 10.1 Å². The molecule has 32 heavy (non-hydrogen) atoms. The number of rotatable bonds is 3. The van der Waals surface area contributed by atoms with E-state index >= 15 is 0 Å². The molecular formula is C23H16N2O6S. The van der Waals surface area contributed by atoms with Crippen molar-refractivity contribution in [1.82, 2.24) is 9.97 Å². The second-order valence-electron chi connectivity index (χ2n) is 7.34. The zero-order chi connectivity index (χ0) is 22.6. The van der Waals surface area contributed by atoms with Crippen LogP contribution in [0.4, 0.5) is 0 Å². The lowest BCUT2D eigenvalue weighted by Gasteiger charge is -2.06. The summed E-state index contributed by atoms with van der Waals surface area (Å²) in [5.74, 6) is 0.0900. The molecule has 0 aliphatic carbocycles. The molecule has 8 nitrogen and oxygen atoms in total. The molecule has 4 aromatic carbocycles. The number of nitrogens with one attached hydrogen (secondary N) is 1. The Bertz CT molecular complexity index is 1640. The molecule has 0 bridgehead atoms. The van der Waals surface area contributed by atoms with Crippen LogP contribution in [0.15, 0.2) is 71.6 Å². The standard InChI is InChI=1S/C23H16N2O6S/c26-15-3-1-2-12(8-15)13-4-6-17(19(27)10-13)23-24-18-7-5-14-9-16(32(29,30)31)11-20(28)21(14)22(18)25-23/h1-11,26-28H,(H,24,25)(H,29,30,31). The van der Waals surface area contributed by atoms with Crippen molar-refractivity contribution >= 4 is 31.9 Å². The van der Waals surface area contributed by atoms with Gasteiger partial charge in [0, 0.05) is 6.07 Å². The number of benzene rings is 4. The largest absolute Gasteiger partial charge is 0.508 e. The first-order valence-electron chi connectivity index (χ1n) is 9.46. The fourth-order valence-corrected chi connectivity index (χ4v) is 4.29. The molecule has 0 fully saturated rings. The second kappa shape index (κ2) is 6.98. The Morgan fingerprint density at radius 1 is 0.812 bits per heavy atom. The van der Waals surface area contributed by atoms with E-state index in [1.165, 1.54) is 6.07 Å². The van der Waals surface area contributed by atoms with E-state index in [-0.39, 0.29) is 17.2 Å². The Hall–Kier alpha value is -4.08. The molecule has 0 spiro atoms. The van der Waals surface area contributed by atoms with Crippen LogP contribution in [0, 0.1) is 0 Å². The van der Waals surface area contributed by atoms with Gasteiger partial charge in [0.05, 0.1) is 21.4 Å². The minimum atomic E-state index is -4.48. The van der Waals surface area contributed by atoms with Gasteiger partial charge in [0.2, 0.25) is 0 Å². The number of hydrogen-bond donors (Lipinski definition) is 5. The highest BCUT2D eigenvalue weighted by Gasteiger charge is 2.18. The molecule has 0 aliphatic rings.